The number of amides is 1. The van der Waals surface area contributed by atoms with Crippen molar-refractivity contribution in [2.24, 2.45) is 0 Å². The number of nitrogens with zero attached hydrogens (tertiary/aromatic N) is 2. The van der Waals surface area contributed by atoms with Crippen LogP contribution in [0.3, 0.4) is 0 Å². The number of aromatic amines is 1. The van der Waals surface area contributed by atoms with Crippen LogP contribution in [0.4, 0.5) is 0 Å². The van der Waals surface area contributed by atoms with E-state index in [1.54, 1.807) is 6.20 Å². The largest absolute Gasteiger partial charge is 0.363 e. The normalized spacial score (nSPS) is 19.7. The Kier molecular flexibility index (Phi) is 5.40. The molecule has 0 unspecified atom stereocenters. The van der Waals surface area contributed by atoms with Crippen molar-refractivity contribution in [1.29, 1.82) is 0 Å². The Bertz CT molecular complexity index is 594. The summed E-state index contributed by atoms with van der Waals surface area (Å²) in [6, 6.07) is -0.0668. The van der Waals surface area contributed by atoms with Crippen LogP contribution in [0.2, 0.25) is 0 Å². The number of carbonyl (C=O) groups is 1. The summed E-state index contributed by atoms with van der Waals surface area (Å²) in [5.41, 5.74) is 2.52. The molecule has 1 aromatic heterocycles. The van der Waals surface area contributed by atoms with Gasteiger partial charge in [-0.3, -0.25) is 14.5 Å². The van der Waals surface area contributed by atoms with E-state index < -0.39 is 0 Å². The maximum atomic E-state index is 12.5. The van der Waals surface area contributed by atoms with Crippen molar-refractivity contribution in [3.8, 4) is 0 Å². The van der Waals surface area contributed by atoms with Crippen LogP contribution in [0.25, 0.3) is 0 Å². The molecule has 0 aliphatic carbocycles. The van der Waals surface area contributed by atoms with Gasteiger partial charge in [0.2, 0.25) is 5.91 Å². The minimum atomic E-state index is -0.0668. The molecule has 0 saturated carbocycles. The molecule has 122 valence electrons. The zero-order chi connectivity index (χ0) is 16.3. The summed E-state index contributed by atoms with van der Waals surface area (Å²) in [7, 11) is 1.87. The van der Waals surface area contributed by atoms with Crippen LogP contribution >= 0.6 is 0 Å². The number of nitrogens with one attached hydrogen (secondary N) is 1. The van der Waals surface area contributed by atoms with Gasteiger partial charge < -0.3 is 9.88 Å². The monoisotopic (exact) mass is 305 g/mol. The van der Waals surface area contributed by atoms with Crippen LogP contribution in [-0.2, 0) is 11.3 Å². The second-order valence-electron chi connectivity index (χ2n) is 6.29. The van der Waals surface area contributed by atoms with Crippen molar-refractivity contribution >= 4 is 5.91 Å². The highest BCUT2D eigenvalue weighted by atomic mass is 16.2. The quantitative estimate of drug-likeness (QED) is 0.903. The van der Waals surface area contributed by atoms with Gasteiger partial charge in [-0.25, -0.2) is 0 Å². The van der Waals surface area contributed by atoms with Crippen LogP contribution in [0.5, 0.6) is 0 Å². The Morgan fingerprint density at radius 3 is 2.68 bits per heavy atom. The minimum absolute atomic E-state index is 0.0668. The number of pyridine rings is 1. The maximum Gasteiger partial charge on any atom is 0.239 e. The first-order chi connectivity index (χ1) is 10.5. The highest BCUT2D eigenvalue weighted by Crippen LogP contribution is 2.19. The Morgan fingerprint density at radius 2 is 2.00 bits per heavy atom. The molecule has 1 atom stereocenters. The Hall–Kier alpha value is -1.62. The molecule has 1 amide bonds. The van der Waals surface area contributed by atoms with Gasteiger partial charge in [0.15, 0.2) is 5.43 Å². The second-order valence-corrected chi connectivity index (χ2v) is 6.29. The molecule has 0 spiro atoms. The highest BCUT2D eigenvalue weighted by molar-refractivity contribution is 5.82. The van der Waals surface area contributed by atoms with Gasteiger partial charge >= 0.3 is 0 Å². The molecule has 2 rings (SSSR count). The Morgan fingerprint density at radius 1 is 1.27 bits per heavy atom. The molecule has 1 aliphatic heterocycles. The van der Waals surface area contributed by atoms with E-state index >= 15 is 0 Å². The predicted molar refractivity (Wildman–Crippen MR) is 87.9 cm³/mol. The van der Waals surface area contributed by atoms with Crippen molar-refractivity contribution in [2.75, 3.05) is 20.1 Å². The summed E-state index contributed by atoms with van der Waals surface area (Å²) >= 11 is 0. The summed E-state index contributed by atoms with van der Waals surface area (Å²) in [6.07, 6.45) is 4.78. The van der Waals surface area contributed by atoms with E-state index in [9.17, 15) is 9.59 Å². The summed E-state index contributed by atoms with van der Waals surface area (Å²) in [4.78, 5) is 31.8. The van der Waals surface area contributed by atoms with E-state index in [1.165, 1.54) is 0 Å². The van der Waals surface area contributed by atoms with E-state index in [4.69, 9.17) is 0 Å². The topological polar surface area (TPSA) is 56.4 Å². The number of hydrogen-bond acceptors (Lipinski definition) is 3. The van der Waals surface area contributed by atoms with E-state index in [1.807, 2.05) is 25.8 Å². The number of H-pyrrole nitrogens is 1. The second kappa shape index (κ2) is 7.09. The molecule has 1 fully saturated rings. The fraction of sp³-hybridized carbons (Fsp3) is 0.647. The number of likely N-dealkylation sites (N-methyl/N-ethyl adjacent to an activating group) is 1. The molecule has 0 bridgehead atoms. The molecule has 0 aromatic carbocycles. The summed E-state index contributed by atoms with van der Waals surface area (Å²) in [5.74, 6) is 0.201. The number of aryl methyl sites for hydroxylation is 1. The average molecular weight is 305 g/mol. The van der Waals surface area contributed by atoms with Gasteiger partial charge in [-0.1, -0.05) is 19.8 Å². The smallest absolute Gasteiger partial charge is 0.239 e. The number of carbonyl (C=O) groups excluding carboxylic acids is 1. The fourth-order valence-corrected chi connectivity index (χ4v) is 3.02. The van der Waals surface area contributed by atoms with Gasteiger partial charge in [0.25, 0.3) is 0 Å². The molecule has 5 nitrogen and oxygen atoms in total. The van der Waals surface area contributed by atoms with Gasteiger partial charge in [-0.15, -0.1) is 0 Å². The fourth-order valence-electron chi connectivity index (χ4n) is 3.02. The van der Waals surface area contributed by atoms with Gasteiger partial charge in [-0.2, -0.15) is 0 Å². The van der Waals surface area contributed by atoms with Crippen LogP contribution < -0.4 is 5.43 Å². The van der Waals surface area contributed by atoms with Crippen LogP contribution in [-0.4, -0.2) is 46.9 Å². The Balaban J connectivity index is 2.20. The first-order valence-electron chi connectivity index (χ1n) is 8.12. The van der Waals surface area contributed by atoms with E-state index in [0.29, 0.717) is 6.54 Å². The molecule has 1 saturated heterocycles. The molecule has 1 aromatic rings. The molecule has 1 N–H and O–H groups in total. The van der Waals surface area contributed by atoms with E-state index in [0.717, 1.165) is 49.2 Å². The lowest BCUT2D eigenvalue weighted by atomic mass is 10.0. The first-order valence-corrected chi connectivity index (χ1v) is 8.12. The third kappa shape index (κ3) is 3.40. The maximum absolute atomic E-state index is 12.5. The SMILES string of the molecule is CCCC[C@H]1C(=O)N(C)CCN1Cc1[nH]cc(C)c(=O)c1C. The highest BCUT2D eigenvalue weighted by Gasteiger charge is 2.32. The zero-order valence-corrected chi connectivity index (χ0v) is 14.1. The van der Waals surface area contributed by atoms with Crippen molar-refractivity contribution < 1.29 is 4.79 Å². The van der Waals surface area contributed by atoms with Crippen molar-refractivity contribution in [3.63, 3.8) is 0 Å². The minimum Gasteiger partial charge on any atom is -0.363 e. The lowest BCUT2D eigenvalue weighted by Gasteiger charge is -2.39. The summed E-state index contributed by atoms with van der Waals surface area (Å²) in [6.45, 7) is 8.06. The van der Waals surface area contributed by atoms with Crippen molar-refractivity contribution in [1.82, 2.24) is 14.8 Å². The third-order valence-electron chi connectivity index (χ3n) is 4.63. The van der Waals surface area contributed by atoms with Crippen LogP contribution in [0, 0.1) is 13.8 Å². The lowest BCUT2D eigenvalue weighted by Crippen LogP contribution is -2.55. The number of unbranched alkanes of at least 4 members (excludes halogenated alkanes) is 1. The molecule has 22 heavy (non-hydrogen) atoms. The molecular formula is C17H27N3O2. The number of hydrogen-bond donors (Lipinski definition) is 1. The van der Waals surface area contributed by atoms with Gasteiger partial charge in [0.1, 0.15) is 0 Å². The zero-order valence-electron chi connectivity index (χ0n) is 14.1. The van der Waals surface area contributed by atoms with Crippen molar-refractivity contribution in [2.45, 2.75) is 52.6 Å². The molecule has 1 aliphatic rings. The van der Waals surface area contributed by atoms with Gasteiger partial charge in [-0.05, 0) is 20.3 Å². The first kappa shape index (κ1) is 16.7. The summed E-state index contributed by atoms with van der Waals surface area (Å²) in [5, 5.41) is 0. The molecular weight excluding hydrogens is 278 g/mol. The van der Waals surface area contributed by atoms with Crippen molar-refractivity contribution in [3.05, 3.63) is 33.2 Å². The van der Waals surface area contributed by atoms with Gasteiger partial charge in [0.05, 0.1) is 6.04 Å². The molecule has 5 heteroatoms. The van der Waals surface area contributed by atoms with E-state index in [-0.39, 0.29) is 17.4 Å². The van der Waals surface area contributed by atoms with Gasteiger partial charge in [0, 0.05) is 49.7 Å². The van der Waals surface area contributed by atoms with Crippen LogP contribution in [0.1, 0.15) is 43.0 Å². The lowest BCUT2D eigenvalue weighted by molar-refractivity contribution is -0.140. The standard InChI is InChI=1S/C17H27N3O2/c1-5-6-7-15-17(22)19(4)8-9-20(15)11-14-13(3)16(21)12(2)10-18-14/h10,15H,5-9,11H2,1-4H3,(H,18,21)/t15-/m0/s1. The molecule has 2 heterocycles. The number of piperazine rings is 1. The summed E-state index contributed by atoms with van der Waals surface area (Å²) < 4.78 is 0. The third-order valence-corrected chi connectivity index (χ3v) is 4.63. The number of aromatic nitrogens is 1. The average Bonchev–Trinajstić information content (AvgIpc) is 2.51. The molecule has 0 radical (unpaired) electrons. The van der Waals surface area contributed by atoms with Crippen LogP contribution in [0.15, 0.2) is 11.0 Å². The predicted octanol–water partition coefficient (Wildman–Crippen LogP) is 1.82. The number of rotatable bonds is 5. The Labute approximate surface area is 132 Å². The van der Waals surface area contributed by atoms with E-state index in [2.05, 4.69) is 16.8 Å².